The molecule has 0 bridgehead atoms. The standard InChI is InChI=1S/C12H14ClN3O2/c1-16-7-9(2-3-11(16)17)15-12(18)8-4-5-14-10(13)6-8/h4-6,9H,2-3,7H2,1H3,(H,15,18). The lowest BCUT2D eigenvalue weighted by molar-refractivity contribution is -0.132. The fourth-order valence-electron chi connectivity index (χ4n) is 1.94. The average Bonchev–Trinajstić information content (AvgIpc) is 2.34. The molecule has 1 saturated heterocycles. The van der Waals surface area contributed by atoms with E-state index in [1.165, 1.54) is 12.3 Å². The van der Waals surface area contributed by atoms with Crippen LogP contribution in [-0.2, 0) is 4.79 Å². The van der Waals surface area contributed by atoms with Crippen molar-refractivity contribution in [2.75, 3.05) is 13.6 Å². The fourth-order valence-corrected chi connectivity index (χ4v) is 2.12. The number of pyridine rings is 1. The van der Waals surface area contributed by atoms with Crippen molar-refractivity contribution in [1.29, 1.82) is 0 Å². The number of rotatable bonds is 2. The maximum absolute atomic E-state index is 12.0. The Morgan fingerprint density at radius 3 is 3.06 bits per heavy atom. The zero-order chi connectivity index (χ0) is 13.1. The molecule has 1 aromatic rings. The van der Waals surface area contributed by atoms with Crippen LogP contribution in [0.15, 0.2) is 18.3 Å². The van der Waals surface area contributed by atoms with Gasteiger partial charge in [0.2, 0.25) is 5.91 Å². The maximum Gasteiger partial charge on any atom is 0.251 e. The van der Waals surface area contributed by atoms with E-state index >= 15 is 0 Å². The number of nitrogens with one attached hydrogen (secondary N) is 1. The van der Waals surface area contributed by atoms with Crippen LogP contribution in [0.25, 0.3) is 0 Å². The Kier molecular flexibility index (Phi) is 3.81. The van der Waals surface area contributed by atoms with Gasteiger partial charge in [-0.2, -0.15) is 0 Å². The van der Waals surface area contributed by atoms with Gasteiger partial charge in [-0.1, -0.05) is 11.6 Å². The molecular formula is C12H14ClN3O2. The second kappa shape index (κ2) is 5.35. The predicted molar refractivity (Wildman–Crippen MR) is 67.4 cm³/mol. The van der Waals surface area contributed by atoms with Crippen LogP contribution >= 0.6 is 11.6 Å². The van der Waals surface area contributed by atoms with Crippen LogP contribution in [0, 0.1) is 0 Å². The van der Waals surface area contributed by atoms with Gasteiger partial charge in [0.1, 0.15) is 5.15 Å². The lowest BCUT2D eigenvalue weighted by Gasteiger charge is -2.30. The van der Waals surface area contributed by atoms with Crippen molar-refractivity contribution in [3.8, 4) is 0 Å². The summed E-state index contributed by atoms with van der Waals surface area (Å²) in [4.78, 5) is 28.7. The molecule has 18 heavy (non-hydrogen) atoms. The molecule has 1 aliphatic heterocycles. The van der Waals surface area contributed by atoms with Crippen LogP contribution in [-0.4, -0.2) is 41.3 Å². The van der Waals surface area contributed by atoms with Gasteiger partial charge in [0.15, 0.2) is 0 Å². The molecule has 1 fully saturated rings. The summed E-state index contributed by atoms with van der Waals surface area (Å²) in [6.45, 7) is 0.545. The molecule has 0 aromatic carbocycles. The van der Waals surface area contributed by atoms with E-state index in [9.17, 15) is 9.59 Å². The number of halogens is 1. The van der Waals surface area contributed by atoms with Crippen LogP contribution < -0.4 is 5.32 Å². The van der Waals surface area contributed by atoms with Crippen molar-refractivity contribution in [3.05, 3.63) is 29.0 Å². The SMILES string of the molecule is CN1CC(NC(=O)c2ccnc(Cl)c2)CCC1=O. The third kappa shape index (κ3) is 2.98. The van der Waals surface area contributed by atoms with Crippen molar-refractivity contribution < 1.29 is 9.59 Å². The fraction of sp³-hybridized carbons (Fsp3) is 0.417. The number of aromatic nitrogens is 1. The zero-order valence-electron chi connectivity index (χ0n) is 10.0. The summed E-state index contributed by atoms with van der Waals surface area (Å²) >= 11 is 5.73. The molecule has 0 radical (unpaired) electrons. The Hall–Kier alpha value is -1.62. The van der Waals surface area contributed by atoms with Crippen LogP contribution in [0.2, 0.25) is 5.15 Å². The number of carbonyl (C=O) groups is 2. The third-order valence-electron chi connectivity index (χ3n) is 2.95. The number of likely N-dealkylation sites (tertiary alicyclic amines) is 1. The van der Waals surface area contributed by atoms with Gasteiger partial charge in [0.25, 0.3) is 5.91 Å². The summed E-state index contributed by atoms with van der Waals surface area (Å²) in [5.74, 6) is -0.0699. The summed E-state index contributed by atoms with van der Waals surface area (Å²) in [6, 6.07) is 3.13. The van der Waals surface area contributed by atoms with Crippen molar-refractivity contribution in [1.82, 2.24) is 15.2 Å². The summed E-state index contributed by atoms with van der Waals surface area (Å²) in [7, 11) is 1.74. The molecular weight excluding hydrogens is 254 g/mol. The van der Waals surface area contributed by atoms with Gasteiger partial charge in [-0.25, -0.2) is 4.98 Å². The Bertz CT molecular complexity index is 478. The first kappa shape index (κ1) is 12.8. The molecule has 1 aromatic heterocycles. The highest BCUT2D eigenvalue weighted by atomic mass is 35.5. The summed E-state index contributed by atoms with van der Waals surface area (Å²) in [5, 5.41) is 3.18. The molecule has 1 N–H and O–H groups in total. The highest BCUT2D eigenvalue weighted by Crippen LogP contribution is 2.11. The van der Waals surface area contributed by atoms with Gasteiger partial charge >= 0.3 is 0 Å². The molecule has 0 spiro atoms. The van der Waals surface area contributed by atoms with E-state index in [1.54, 1.807) is 18.0 Å². The molecule has 5 nitrogen and oxygen atoms in total. The molecule has 0 saturated carbocycles. The molecule has 0 aliphatic carbocycles. The Morgan fingerprint density at radius 2 is 2.39 bits per heavy atom. The number of carbonyl (C=O) groups excluding carboxylic acids is 2. The quantitative estimate of drug-likeness (QED) is 0.816. The number of hydrogen-bond donors (Lipinski definition) is 1. The Balaban J connectivity index is 1.98. The smallest absolute Gasteiger partial charge is 0.251 e. The monoisotopic (exact) mass is 267 g/mol. The molecule has 2 heterocycles. The van der Waals surface area contributed by atoms with Crippen LogP contribution in [0.1, 0.15) is 23.2 Å². The van der Waals surface area contributed by atoms with Gasteiger partial charge in [-0.15, -0.1) is 0 Å². The number of piperidine rings is 1. The van der Waals surface area contributed by atoms with Crippen molar-refractivity contribution >= 4 is 23.4 Å². The van der Waals surface area contributed by atoms with E-state index in [-0.39, 0.29) is 17.9 Å². The molecule has 1 unspecified atom stereocenters. The second-order valence-corrected chi connectivity index (χ2v) is 4.74. The topological polar surface area (TPSA) is 62.3 Å². The van der Waals surface area contributed by atoms with E-state index in [1.807, 2.05) is 0 Å². The van der Waals surface area contributed by atoms with Gasteiger partial charge < -0.3 is 10.2 Å². The van der Waals surface area contributed by atoms with Gasteiger partial charge in [0, 0.05) is 37.8 Å². The first-order chi connectivity index (χ1) is 8.56. The number of amides is 2. The number of hydrogen-bond acceptors (Lipinski definition) is 3. The predicted octanol–water partition coefficient (Wildman–Crippen LogP) is 1.09. The zero-order valence-corrected chi connectivity index (χ0v) is 10.8. The average molecular weight is 268 g/mol. The molecule has 2 rings (SSSR count). The van der Waals surface area contributed by atoms with E-state index in [2.05, 4.69) is 10.3 Å². The van der Waals surface area contributed by atoms with Gasteiger partial charge in [-0.3, -0.25) is 9.59 Å². The normalized spacial score (nSPS) is 19.8. The van der Waals surface area contributed by atoms with Crippen LogP contribution in [0.5, 0.6) is 0 Å². The largest absolute Gasteiger partial charge is 0.348 e. The minimum Gasteiger partial charge on any atom is -0.348 e. The first-order valence-electron chi connectivity index (χ1n) is 5.72. The molecule has 1 aliphatic rings. The number of likely N-dealkylation sites (N-methyl/N-ethyl adjacent to an activating group) is 1. The summed E-state index contributed by atoms with van der Waals surface area (Å²) < 4.78 is 0. The highest BCUT2D eigenvalue weighted by Gasteiger charge is 2.24. The lowest BCUT2D eigenvalue weighted by atomic mass is 10.1. The van der Waals surface area contributed by atoms with Crippen molar-refractivity contribution in [2.45, 2.75) is 18.9 Å². The molecule has 6 heteroatoms. The minimum atomic E-state index is -0.188. The van der Waals surface area contributed by atoms with E-state index in [0.717, 1.165) is 0 Å². The lowest BCUT2D eigenvalue weighted by Crippen LogP contribution is -2.48. The van der Waals surface area contributed by atoms with Gasteiger partial charge in [-0.05, 0) is 18.6 Å². The van der Waals surface area contributed by atoms with E-state index in [4.69, 9.17) is 11.6 Å². The Labute approximate surface area is 110 Å². The summed E-state index contributed by atoms with van der Waals surface area (Å²) in [6.07, 6.45) is 2.64. The molecule has 2 amide bonds. The molecule has 1 atom stereocenters. The van der Waals surface area contributed by atoms with E-state index < -0.39 is 0 Å². The van der Waals surface area contributed by atoms with E-state index in [0.29, 0.717) is 30.1 Å². The molecule has 96 valence electrons. The highest BCUT2D eigenvalue weighted by molar-refractivity contribution is 6.29. The maximum atomic E-state index is 12.0. The minimum absolute atomic E-state index is 0.00728. The second-order valence-electron chi connectivity index (χ2n) is 4.35. The van der Waals surface area contributed by atoms with Gasteiger partial charge in [0.05, 0.1) is 0 Å². The summed E-state index contributed by atoms with van der Waals surface area (Å²) in [5.41, 5.74) is 0.481. The number of nitrogens with zero attached hydrogens (tertiary/aromatic N) is 2. The van der Waals surface area contributed by atoms with Crippen LogP contribution in [0.3, 0.4) is 0 Å². The van der Waals surface area contributed by atoms with Crippen LogP contribution in [0.4, 0.5) is 0 Å². The van der Waals surface area contributed by atoms with Crippen molar-refractivity contribution in [3.63, 3.8) is 0 Å². The third-order valence-corrected chi connectivity index (χ3v) is 3.16. The van der Waals surface area contributed by atoms with Crippen molar-refractivity contribution in [2.24, 2.45) is 0 Å². The first-order valence-corrected chi connectivity index (χ1v) is 6.10. The Morgan fingerprint density at radius 1 is 1.61 bits per heavy atom.